The van der Waals surface area contributed by atoms with Gasteiger partial charge in [-0.3, -0.25) is 0 Å². The Kier molecular flexibility index (Phi) is 3.07. The summed E-state index contributed by atoms with van der Waals surface area (Å²) in [6, 6.07) is 14.7. The highest BCUT2D eigenvalue weighted by atomic mass is 16.6. The van der Waals surface area contributed by atoms with Crippen LogP contribution in [0.4, 0.5) is 0 Å². The van der Waals surface area contributed by atoms with Crippen LogP contribution in [-0.4, -0.2) is 5.97 Å². The van der Waals surface area contributed by atoms with Gasteiger partial charge in [-0.2, -0.15) is 0 Å². The highest BCUT2D eigenvalue weighted by Gasteiger charge is 2.55. The van der Waals surface area contributed by atoms with Crippen LogP contribution >= 0.6 is 0 Å². The molecule has 2 nitrogen and oxygen atoms in total. The lowest BCUT2D eigenvalue weighted by molar-refractivity contribution is -0.161. The van der Waals surface area contributed by atoms with Gasteiger partial charge in [-0.05, 0) is 42.4 Å². The van der Waals surface area contributed by atoms with Crippen molar-refractivity contribution in [3.05, 3.63) is 60.7 Å². The molecule has 2 bridgehead atoms. The molecule has 22 heavy (non-hydrogen) atoms. The van der Waals surface area contributed by atoms with E-state index in [0.717, 1.165) is 12.8 Å². The van der Waals surface area contributed by atoms with Crippen molar-refractivity contribution in [2.24, 2.45) is 11.8 Å². The summed E-state index contributed by atoms with van der Waals surface area (Å²) < 4.78 is 6.02. The first-order valence-electron chi connectivity index (χ1n) is 8.06. The molecule has 2 aromatic rings. The van der Waals surface area contributed by atoms with E-state index in [1.807, 2.05) is 0 Å². The second kappa shape index (κ2) is 4.98. The van der Waals surface area contributed by atoms with E-state index < -0.39 is 5.60 Å². The molecule has 2 fully saturated rings. The largest absolute Gasteiger partial charge is 0.451 e. The summed E-state index contributed by atoms with van der Waals surface area (Å²) >= 11 is 0. The van der Waals surface area contributed by atoms with Gasteiger partial charge in [0, 0.05) is 17.6 Å². The molecule has 0 spiro atoms. The minimum atomic E-state index is -0.463. The minimum absolute atomic E-state index is 0.305. The maximum atomic E-state index is 12.0. The quantitative estimate of drug-likeness (QED) is 0.611. The Morgan fingerprint density at radius 1 is 1.18 bits per heavy atom. The minimum Gasteiger partial charge on any atom is -0.451 e. The number of hydrogen-bond donors (Lipinski definition) is 0. The van der Waals surface area contributed by atoms with Crippen molar-refractivity contribution >= 4 is 16.7 Å². The standard InChI is InChI=1S/C20H20O2/c1-2-19(21)22-20(13-14-10-11-16(20)12-14)18-9-5-7-15-6-3-4-8-17(15)18/h2-9,14,16H,1,10-13H2. The highest BCUT2D eigenvalue weighted by Crippen LogP contribution is 2.58. The topological polar surface area (TPSA) is 26.3 Å². The van der Waals surface area contributed by atoms with Gasteiger partial charge in [0.15, 0.2) is 0 Å². The normalized spacial score (nSPS) is 29.6. The summed E-state index contributed by atoms with van der Waals surface area (Å²) in [5, 5.41) is 2.41. The lowest BCUT2D eigenvalue weighted by Gasteiger charge is -2.38. The predicted molar refractivity (Wildman–Crippen MR) is 87.4 cm³/mol. The fourth-order valence-corrected chi connectivity index (χ4v) is 4.60. The van der Waals surface area contributed by atoms with E-state index >= 15 is 0 Å². The van der Waals surface area contributed by atoms with Gasteiger partial charge in [0.1, 0.15) is 5.60 Å². The van der Waals surface area contributed by atoms with Gasteiger partial charge in [0.2, 0.25) is 0 Å². The van der Waals surface area contributed by atoms with E-state index in [2.05, 4.69) is 49.0 Å². The van der Waals surface area contributed by atoms with Crippen LogP contribution in [0.3, 0.4) is 0 Å². The van der Waals surface area contributed by atoms with E-state index in [-0.39, 0.29) is 5.97 Å². The van der Waals surface area contributed by atoms with Crippen molar-refractivity contribution in [1.82, 2.24) is 0 Å². The second-order valence-corrected chi connectivity index (χ2v) is 6.62. The molecular weight excluding hydrogens is 272 g/mol. The number of esters is 1. The van der Waals surface area contributed by atoms with Crippen LogP contribution in [-0.2, 0) is 15.1 Å². The lowest BCUT2D eigenvalue weighted by Crippen LogP contribution is -2.37. The summed E-state index contributed by atoms with van der Waals surface area (Å²) in [6.45, 7) is 3.58. The summed E-state index contributed by atoms with van der Waals surface area (Å²) in [5.74, 6) is 0.814. The fraction of sp³-hybridized carbons (Fsp3) is 0.350. The molecule has 3 atom stereocenters. The van der Waals surface area contributed by atoms with Gasteiger partial charge in [-0.1, -0.05) is 49.0 Å². The molecule has 0 heterocycles. The van der Waals surface area contributed by atoms with Crippen molar-refractivity contribution in [2.75, 3.05) is 0 Å². The van der Waals surface area contributed by atoms with Crippen LogP contribution in [0.15, 0.2) is 55.1 Å². The molecule has 4 rings (SSSR count). The molecule has 0 saturated heterocycles. The molecule has 0 aromatic heterocycles. The molecular formula is C20H20O2. The first-order chi connectivity index (χ1) is 10.7. The van der Waals surface area contributed by atoms with Crippen LogP contribution in [0, 0.1) is 11.8 Å². The van der Waals surface area contributed by atoms with Crippen molar-refractivity contribution < 1.29 is 9.53 Å². The molecule has 2 aliphatic carbocycles. The highest BCUT2D eigenvalue weighted by molar-refractivity contribution is 5.88. The smallest absolute Gasteiger partial charge is 0.331 e. The third-order valence-corrected chi connectivity index (χ3v) is 5.49. The summed E-state index contributed by atoms with van der Waals surface area (Å²) in [4.78, 5) is 12.0. The second-order valence-electron chi connectivity index (χ2n) is 6.62. The van der Waals surface area contributed by atoms with Gasteiger partial charge in [-0.25, -0.2) is 4.79 Å². The number of hydrogen-bond acceptors (Lipinski definition) is 2. The number of benzene rings is 2. The lowest BCUT2D eigenvalue weighted by atomic mass is 9.77. The Balaban J connectivity index is 1.90. The number of ether oxygens (including phenoxy) is 1. The maximum absolute atomic E-state index is 12.0. The van der Waals surface area contributed by atoms with Crippen LogP contribution in [0.5, 0.6) is 0 Å². The SMILES string of the molecule is C=CC(=O)OC1(c2cccc3ccccc23)CC2CCC1C2. The van der Waals surface area contributed by atoms with E-state index in [1.54, 1.807) is 0 Å². The average Bonchev–Trinajstić information content (AvgIpc) is 3.15. The van der Waals surface area contributed by atoms with E-state index in [9.17, 15) is 4.79 Å². The van der Waals surface area contributed by atoms with Crippen molar-refractivity contribution in [1.29, 1.82) is 0 Å². The Labute approximate surface area is 130 Å². The zero-order valence-corrected chi connectivity index (χ0v) is 12.6. The van der Waals surface area contributed by atoms with Crippen molar-refractivity contribution in [2.45, 2.75) is 31.3 Å². The van der Waals surface area contributed by atoms with Gasteiger partial charge in [0.25, 0.3) is 0 Å². The molecule has 2 saturated carbocycles. The first-order valence-corrected chi connectivity index (χ1v) is 8.06. The number of carbonyl (C=O) groups excluding carboxylic acids is 1. The third kappa shape index (κ3) is 1.90. The Hall–Kier alpha value is -2.09. The first kappa shape index (κ1) is 13.6. The Morgan fingerprint density at radius 2 is 2.00 bits per heavy atom. The van der Waals surface area contributed by atoms with E-state index in [4.69, 9.17) is 4.74 Å². The van der Waals surface area contributed by atoms with Crippen LogP contribution < -0.4 is 0 Å². The molecule has 0 N–H and O–H groups in total. The zero-order chi connectivity index (χ0) is 15.2. The van der Waals surface area contributed by atoms with Gasteiger partial charge < -0.3 is 4.74 Å². The summed E-state index contributed by atoms with van der Waals surface area (Å²) in [7, 11) is 0. The molecule has 2 aromatic carbocycles. The zero-order valence-electron chi connectivity index (χ0n) is 12.6. The van der Waals surface area contributed by atoms with Crippen molar-refractivity contribution in [3.8, 4) is 0 Å². The molecule has 112 valence electrons. The number of rotatable bonds is 3. The molecule has 0 aliphatic heterocycles. The monoisotopic (exact) mass is 292 g/mol. The molecule has 2 aliphatic rings. The number of fused-ring (bicyclic) bond motifs is 3. The summed E-state index contributed by atoms with van der Waals surface area (Å²) in [5.41, 5.74) is 0.711. The number of carbonyl (C=O) groups is 1. The Morgan fingerprint density at radius 3 is 2.73 bits per heavy atom. The summed E-state index contributed by atoms with van der Waals surface area (Å²) in [6.07, 6.45) is 5.83. The van der Waals surface area contributed by atoms with Gasteiger partial charge in [0.05, 0.1) is 0 Å². The van der Waals surface area contributed by atoms with Gasteiger partial charge in [-0.15, -0.1) is 0 Å². The van der Waals surface area contributed by atoms with Gasteiger partial charge >= 0.3 is 5.97 Å². The Bertz CT molecular complexity index is 743. The molecule has 3 unspecified atom stereocenters. The third-order valence-electron chi connectivity index (χ3n) is 5.49. The predicted octanol–water partition coefficient (Wildman–Crippen LogP) is 4.58. The van der Waals surface area contributed by atoms with Crippen LogP contribution in [0.2, 0.25) is 0 Å². The van der Waals surface area contributed by atoms with E-state index in [0.29, 0.717) is 11.8 Å². The molecule has 0 radical (unpaired) electrons. The van der Waals surface area contributed by atoms with Crippen LogP contribution in [0.1, 0.15) is 31.2 Å². The maximum Gasteiger partial charge on any atom is 0.331 e. The average molecular weight is 292 g/mol. The van der Waals surface area contributed by atoms with E-state index in [1.165, 1.54) is 35.3 Å². The molecule has 0 amide bonds. The fourth-order valence-electron chi connectivity index (χ4n) is 4.60. The van der Waals surface area contributed by atoms with Crippen LogP contribution in [0.25, 0.3) is 10.8 Å². The van der Waals surface area contributed by atoms with Crippen molar-refractivity contribution in [3.63, 3.8) is 0 Å². The molecule has 2 heteroatoms.